The molecule has 25 heavy (non-hydrogen) atoms. The summed E-state index contributed by atoms with van der Waals surface area (Å²) in [5.74, 6) is 1.24. The standard InChI is InChI=1S/C20H24ClNO3/c21-15-6-7-18-16(12-15)17(23)13-20(25-18)8-10-22(11-9-20)19(24)14-4-2-1-3-5-14/h6-7,12,14H,1-5,8-11,13H2. The zero-order valence-corrected chi connectivity index (χ0v) is 15.2. The van der Waals surface area contributed by atoms with Crippen molar-refractivity contribution in [1.29, 1.82) is 0 Å². The summed E-state index contributed by atoms with van der Waals surface area (Å²) in [6.07, 6.45) is 7.49. The SMILES string of the molecule is O=C1CC2(CCN(C(=O)C3CCCCC3)CC2)Oc2ccc(Cl)cc21. The quantitative estimate of drug-likeness (QED) is 0.751. The highest BCUT2D eigenvalue weighted by atomic mass is 35.5. The highest BCUT2D eigenvalue weighted by Crippen LogP contribution is 2.40. The molecule has 0 aromatic heterocycles. The number of amides is 1. The molecule has 0 bridgehead atoms. The van der Waals surface area contributed by atoms with E-state index in [0.717, 1.165) is 25.7 Å². The van der Waals surface area contributed by atoms with Gasteiger partial charge in [-0.3, -0.25) is 9.59 Å². The number of halogens is 1. The predicted octanol–water partition coefficient (Wildman–Crippen LogP) is 4.25. The minimum absolute atomic E-state index is 0.0933. The van der Waals surface area contributed by atoms with Gasteiger partial charge < -0.3 is 9.64 Å². The molecule has 0 unspecified atom stereocenters. The summed E-state index contributed by atoms with van der Waals surface area (Å²) in [7, 11) is 0. The summed E-state index contributed by atoms with van der Waals surface area (Å²) in [6, 6.07) is 5.23. The van der Waals surface area contributed by atoms with E-state index in [2.05, 4.69) is 0 Å². The van der Waals surface area contributed by atoms with Crippen molar-refractivity contribution >= 4 is 23.3 Å². The number of nitrogens with zero attached hydrogens (tertiary/aromatic N) is 1. The van der Waals surface area contributed by atoms with Crippen molar-refractivity contribution in [3.8, 4) is 5.75 Å². The molecule has 0 radical (unpaired) electrons. The molecule has 1 aromatic rings. The third-order valence-electron chi connectivity index (χ3n) is 5.99. The minimum atomic E-state index is -0.457. The van der Waals surface area contributed by atoms with Crippen molar-refractivity contribution in [3.05, 3.63) is 28.8 Å². The summed E-state index contributed by atoms with van der Waals surface area (Å²) >= 11 is 6.00. The number of Topliss-reactive ketones (excluding diaryl/α,β-unsaturated/α-hetero) is 1. The molecular weight excluding hydrogens is 338 g/mol. The van der Waals surface area contributed by atoms with Gasteiger partial charge in [-0.1, -0.05) is 30.9 Å². The van der Waals surface area contributed by atoms with Gasteiger partial charge >= 0.3 is 0 Å². The fourth-order valence-corrected chi connectivity index (χ4v) is 4.66. The molecule has 2 heterocycles. The molecule has 0 atom stereocenters. The summed E-state index contributed by atoms with van der Waals surface area (Å²) in [5, 5.41) is 0.555. The normalized spacial score (nSPS) is 23.2. The molecule has 1 aliphatic carbocycles. The largest absolute Gasteiger partial charge is 0.486 e. The lowest BCUT2D eigenvalue weighted by molar-refractivity contribution is -0.140. The lowest BCUT2D eigenvalue weighted by atomic mass is 9.81. The Bertz CT molecular complexity index is 688. The zero-order valence-electron chi connectivity index (χ0n) is 14.4. The zero-order chi connectivity index (χ0) is 17.4. The van der Waals surface area contributed by atoms with Gasteiger partial charge in [0, 0.05) is 36.9 Å². The Hall–Kier alpha value is -1.55. The van der Waals surface area contributed by atoms with Crippen molar-refractivity contribution in [2.75, 3.05) is 13.1 Å². The topological polar surface area (TPSA) is 46.6 Å². The third kappa shape index (κ3) is 3.29. The molecule has 1 saturated heterocycles. The van der Waals surface area contributed by atoms with Crippen LogP contribution in [0, 0.1) is 5.92 Å². The number of likely N-dealkylation sites (tertiary alicyclic amines) is 1. The van der Waals surface area contributed by atoms with E-state index < -0.39 is 5.60 Å². The predicted molar refractivity (Wildman–Crippen MR) is 96.1 cm³/mol. The highest BCUT2D eigenvalue weighted by Gasteiger charge is 2.44. The third-order valence-corrected chi connectivity index (χ3v) is 6.23. The number of carbonyl (C=O) groups is 2. The van der Waals surface area contributed by atoms with Crippen LogP contribution in [0.15, 0.2) is 18.2 Å². The van der Waals surface area contributed by atoms with Gasteiger partial charge in [0.1, 0.15) is 11.4 Å². The Labute approximate surface area is 153 Å². The fourth-order valence-electron chi connectivity index (χ4n) is 4.49. The maximum atomic E-state index is 12.7. The van der Waals surface area contributed by atoms with Crippen LogP contribution in [0.4, 0.5) is 0 Å². The number of rotatable bonds is 1. The van der Waals surface area contributed by atoms with Gasteiger partial charge in [0.15, 0.2) is 5.78 Å². The summed E-state index contributed by atoms with van der Waals surface area (Å²) in [4.78, 5) is 27.3. The molecule has 1 spiro atoms. The summed E-state index contributed by atoms with van der Waals surface area (Å²) in [5.41, 5.74) is 0.125. The van der Waals surface area contributed by atoms with E-state index in [1.54, 1.807) is 18.2 Å². The lowest BCUT2D eigenvalue weighted by Crippen LogP contribution is -2.53. The molecule has 4 nitrogen and oxygen atoms in total. The second-order valence-corrected chi connectivity index (χ2v) is 8.12. The molecule has 1 aromatic carbocycles. The maximum absolute atomic E-state index is 12.7. The van der Waals surface area contributed by atoms with Gasteiger partial charge in [-0.25, -0.2) is 0 Å². The van der Waals surface area contributed by atoms with Crippen molar-refractivity contribution in [2.24, 2.45) is 5.92 Å². The van der Waals surface area contributed by atoms with Crippen LogP contribution < -0.4 is 4.74 Å². The van der Waals surface area contributed by atoms with E-state index in [4.69, 9.17) is 16.3 Å². The molecule has 2 aliphatic heterocycles. The first-order valence-corrected chi connectivity index (χ1v) is 9.75. The van der Waals surface area contributed by atoms with E-state index in [9.17, 15) is 9.59 Å². The Balaban J connectivity index is 1.44. The number of benzene rings is 1. The molecule has 4 rings (SSSR count). The Morgan fingerprint density at radius 3 is 2.60 bits per heavy atom. The smallest absolute Gasteiger partial charge is 0.225 e. The molecule has 2 fully saturated rings. The van der Waals surface area contributed by atoms with Gasteiger partial charge in [0.25, 0.3) is 0 Å². The van der Waals surface area contributed by atoms with Crippen LogP contribution in [-0.2, 0) is 4.79 Å². The molecule has 5 heteroatoms. The first-order chi connectivity index (χ1) is 12.1. The number of carbonyl (C=O) groups excluding carboxylic acids is 2. The lowest BCUT2D eigenvalue weighted by Gasteiger charge is -2.44. The minimum Gasteiger partial charge on any atom is -0.486 e. The van der Waals surface area contributed by atoms with E-state index in [1.807, 2.05) is 4.90 Å². The second-order valence-electron chi connectivity index (χ2n) is 7.69. The van der Waals surface area contributed by atoms with Crippen molar-refractivity contribution < 1.29 is 14.3 Å². The average Bonchev–Trinajstić information content (AvgIpc) is 2.63. The van der Waals surface area contributed by atoms with Crippen LogP contribution in [-0.4, -0.2) is 35.3 Å². The first kappa shape index (κ1) is 16.9. The van der Waals surface area contributed by atoms with E-state index in [-0.39, 0.29) is 11.7 Å². The monoisotopic (exact) mass is 361 g/mol. The number of ketones is 1. The summed E-state index contributed by atoms with van der Waals surface area (Å²) < 4.78 is 6.24. The Kier molecular flexibility index (Phi) is 4.48. The van der Waals surface area contributed by atoms with Gasteiger partial charge in [-0.15, -0.1) is 0 Å². The maximum Gasteiger partial charge on any atom is 0.225 e. The van der Waals surface area contributed by atoms with Crippen LogP contribution in [0.5, 0.6) is 5.75 Å². The van der Waals surface area contributed by atoms with Gasteiger partial charge in [0.05, 0.1) is 12.0 Å². The molecule has 134 valence electrons. The summed E-state index contributed by atoms with van der Waals surface area (Å²) in [6.45, 7) is 1.37. The number of hydrogen-bond donors (Lipinski definition) is 0. The molecule has 1 amide bonds. The van der Waals surface area contributed by atoms with Crippen molar-refractivity contribution in [2.45, 2.75) is 57.0 Å². The van der Waals surface area contributed by atoms with Crippen LogP contribution in [0.2, 0.25) is 5.02 Å². The molecule has 1 saturated carbocycles. The van der Waals surface area contributed by atoms with Crippen LogP contribution >= 0.6 is 11.6 Å². The van der Waals surface area contributed by atoms with Gasteiger partial charge in [-0.2, -0.15) is 0 Å². The number of ether oxygens (including phenoxy) is 1. The van der Waals surface area contributed by atoms with E-state index >= 15 is 0 Å². The number of hydrogen-bond acceptors (Lipinski definition) is 3. The molecule has 0 N–H and O–H groups in total. The number of fused-ring (bicyclic) bond motifs is 1. The second kappa shape index (κ2) is 6.64. The highest BCUT2D eigenvalue weighted by molar-refractivity contribution is 6.31. The molecular formula is C20H24ClNO3. The van der Waals surface area contributed by atoms with Gasteiger partial charge in [0.2, 0.25) is 5.91 Å². The number of piperidine rings is 1. The van der Waals surface area contributed by atoms with Crippen molar-refractivity contribution in [1.82, 2.24) is 4.90 Å². The Morgan fingerprint density at radius 1 is 1.16 bits per heavy atom. The fraction of sp³-hybridized carbons (Fsp3) is 0.600. The van der Waals surface area contributed by atoms with Crippen molar-refractivity contribution in [3.63, 3.8) is 0 Å². The van der Waals surface area contributed by atoms with E-state index in [0.29, 0.717) is 41.8 Å². The molecule has 3 aliphatic rings. The van der Waals surface area contributed by atoms with Crippen LogP contribution in [0.1, 0.15) is 61.7 Å². The Morgan fingerprint density at radius 2 is 1.88 bits per heavy atom. The average molecular weight is 362 g/mol. The van der Waals surface area contributed by atoms with Crippen LogP contribution in [0.3, 0.4) is 0 Å². The van der Waals surface area contributed by atoms with Crippen LogP contribution in [0.25, 0.3) is 0 Å². The van der Waals surface area contributed by atoms with E-state index in [1.165, 1.54) is 19.3 Å². The van der Waals surface area contributed by atoms with Gasteiger partial charge in [-0.05, 0) is 31.0 Å². The first-order valence-electron chi connectivity index (χ1n) is 9.37.